The zero-order chi connectivity index (χ0) is 15.5. The summed E-state index contributed by atoms with van der Waals surface area (Å²) < 4.78 is 1.07. The summed E-state index contributed by atoms with van der Waals surface area (Å²) in [5.41, 5.74) is 7.12. The van der Waals surface area contributed by atoms with E-state index in [1.54, 1.807) is 0 Å². The van der Waals surface area contributed by atoms with Gasteiger partial charge in [-0.1, -0.05) is 48.3 Å². The van der Waals surface area contributed by atoms with E-state index in [1.807, 2.05) is 12.1 Å². The lowest BCUT2D eigenvalue weighted by molar-refractivity contribution is -0.126. The van der Waals surface area contributed by atoms with Crippen LogP contribution in [0.1, 0.15) is 45.1 Å². The van der Waals surface area contributed by atoms with Crippen LogP contribution in [-0.2, 0) is 10.2 Å². The summed E-state index contributed by atoms with van der Waals surface area (Å²) in [4.78, 5) is 12.3. The predicted molar refractivity (Wildman–Crippen MR) is 97.4 cm³/mol. The topological polar surface area (TPSA) is 55.1 Å². The number of nitrogens with one attached hydrogen (secondary N) is 1. The van der Waals surface area contributed by atoms with Gasteiger partial charge in [-0.2, -0.15) is 0 Å². The van der Waals surface area contributed by atoms with E-state index in [9.17, 15) is 4.79 Å². The minimum atomic E-state index is -0.0762. The summed E-state index contributed by atoms with van der Waals surface area (Å²) in [6, 6.07) is 8.48. The second-order valence-electron chi connectivity index (χ2n) is 6.73. The third-order valence-electron chi connectivity index (χ3n) is 4.42. The predicted octanol–water partition coefficient (Wildman–Crippen LogP) is 3.78. The summed E-state index contributed by atoms with van der Waals surface area (Å²) in [6.45, 7) is 4.96. The van der Waals surface area contributed by atoms with E-state index >= 15 is 0 Å². The van der Waals surface area contributed by atoms with E-state index in [2.05, 4.69) is 47.2 Å². The van der Waals surface area contributed by atoms with E-state index in [-0.39, 0.29) is 35.7 Å². The van der Waals surface area contributed by atoms with Crippen molar-refractivity contribution in [2.75, 3.05) is 6.54 Å². The number of halogens is 2. The number of hydrogen-bond acceptors (Lipinski definition) is 2. The molecule has 1 aliphatic carbocycles. The average Bonchev–Trinajstić information content (AvgIpc) is 2.45. The van der Waals surface area contributed by atoms with Crippen molar-refractivity contribution in [1.82, 2.24) is 5.32 Å². The summed E-state index contributed by atoms with van der Waals surface area (Å²) >= 11 is 3.45. The average molecular weight is 390 g/mol. The van der Waals surface area contributed by atoms with Crippen molar-refractivity contribution in [3.63, 3.8) is 0 Å². The molecule has 2 atom stereocenters. The van der Waals surface area contributed by atoms with E-state index in [0.29, 0.717) is 6.54 Å². The Bertz CT molecular complexity index is 490. The number of hydrogen-bond donors (Lipinski definition) is 2. The monoisotopic (exact) mass is 388 g/mol. The van der Waals surface area contributed by atoms with Gasteiger partial charge in [-0.3, -0.25) is 4.79 Å². The molecule has 1 fully saturated rings. The SMILES string of the molecule is CC(C)(CNC(=O)C1CCCC(N)C1)c1ccc(Br)cc1.Cl. The number of rotatable bonds is 4. The van der Waals surface area contributed by atoms with Crippen molar-refractivity contribution in [3.05, 3.63) is 34.3 Å². The molecule has 0 spiro atoms. The highest BCUT2D eigenvalue weighted by atomic mass is 79.9. The maximum Gasteiger partial charge on any atom is 0.223 e. The normalized spacial score (nSPS) is 21.8. The molecule has 1 aromatic rings. The van der Waals surface area contributed by atoms with Crippen LogP contribution >= 0.6 is 28.3 Å². The van der Waals surface area contributed by atoms with Gasteiger partial charge in [0, 0.05) is 28.4 Å². The van der Waals surface area contributed by atoms with Crippen LogP contribution in [0.2, 0.25) is 0 Å². The zero-order valence-corrected chi connectivity index (χ0v) is 15.7. The van der Waals surface area contributed by atoms with Crippen LogP contribution in [0.3, 0.4) is 0 Å². The van der Waals surface area contributed by atoms with Gasteiger partial charge in [0.1, 0.15) is 0 Å². The van der Waals surface area contributed by atoms with E-state index in [0.717, 1.165) is 30.2 Å². The molecule has 0 aromatic heterocycles. The molecule has 1 saturated carbocycles. The smallest absolute Gasteiger partial charge is 0.223 e. The highest BCUT2D eigenvalue weighted by Gasteiger charge is 2.27. The molecule has 0 bridgehead atoms. The fraction of sp³-hybridized carbons (Fsp3) is 0.588. The first-order valence-electron chi connectivity index (χ1n) is 7.68. The summed E-state index contributed by atoms with van der Waals surface area (Å²) in [5, 5.41) is 3.12. The van der Waals surface area contributed by atoms with Crippen LogP contribution < -0.4 is 11.1 Å². The molecule has 1 aromatic carbocycles. The van der Waals surface area contributed by atoms with Crippen LogP contribution in [-0.4, -0.2) is 18.5 Å². The molecule has 0 saturated heterocycles. The quantitative estimate of drug-likeness (QED) is 0.823. The maximum atomic E-state index is 12.3. The number of benzene rings is 1. The first-order chi connectivity index (χ1) is 9.88. The van der Waals surface area contributed by atoms with Gasteiger partial charge in [0.05, 0.1) is 0 Å². The zero-order valence-electron chi connectivity index (χ0n) is 13.3. The lowest BCUT2D eigenvalue weighted by atomic mass is 9.83. The van der Waals surface area contributed by atoms with Crippen molar-refractivity contribution in [1.29, 1.82) is 0 Å². The van der Waals surface area contributed by atoms with Gasteiger partial charge in [0.25, 0.3) is 0 Å². The van der Waals surface area contributed by atoms with Crippen molar-refractivity contribution >= 4 is 34.2 Å². The molecular formula is C17H26BrClN2O. The first-order valence-corrected chi connectivity index (χ1v) is 8.47. The molecule has 124 valence electrons. The Balaban J connectivity index is 0.00000242. The number of carbonyl (C=O) groups excluding carboxylic acids is 1. The van der Waals surface area contributed by atoms with Crippen molar-refractivity contribution in [2.45, 2.75) is 51.0 Å². The molecule has 5 heteroatoms. The van der Waals surface area contributed by atoms with Gasteiger partial charge >= 0.3 is 0 Å². The van der Waals surface area contributed by atoms with Crippen molar-refractivity contribution in [2.24, 2.45) is 11.7 Å². The van der Waals surface area contributed by atoms with Gasteiger partial charge in [0.15, 0.2) is 0 Å². The Morgan fingerprint density at radius 3 is 2.55 bits per heavy atom. The lowest BCUT2D eigenvalue weighted by Crippen LogP contribution is -2.42. The molecule has 1 amide bonds. The Labute approximate surface area is 148 Å². The van der Waals surface area contributed by atoms with Crippen molar-refractivity contribution in [3.8, 4) is 0 Å². The van der Waals surface area contributed by atoms with E-state index < -0.39 is 0 Å². The minimum Gasteiger partial charge on any atom is -0.355 e. The Kier molecular flexibility index (Phi) is 7.36. The summed E-state index contributed by atoms with van der Waals surface area (Å²) in [6.07, 6.45) is 3.91. The molecule has 2 rings (SSSR count). The lowest BCUT2D eigenvalue weighted by Gasteiger charge is -2.29. The maximum absolute atomic E-state index is 12.3. The number of amides is 1. The van der Waals surface area contributed by atoms with Crippen LogP contribution in [0.25, 0.3) is 0 Å². The highest BCUT2D eigenvalue weighted by molar-refractivity contribution is 9.10. The largest absolute Gasteiger partial charge is 0.355 e. The van der Waals surface area contributed by atoms with Crippen LogP contribution in [0.4, 0.5) is 0 Å². The second kappa shape index (κ2) is 8.32. The van der Waals surface area contributed by atoms with Gasteiger partial charge in [-0.25, -0.2) is 0 Å². The molecule has 3 N–H and O–H groups in total. The molecular weight excluding hydrogens is 364 g/mol. The first kappa shape index (κ1) is 19.5. The fourth-order valence-corrected chi connectivity index (χ4v) is 3.19. The minimum absolute atomic E-state index is 0. The highest BCUT2D eigenvalue weighted by Crippen LogP contribution is 2.26. The molecule has 22 heavy (non-hydrogen) atoms. The summed E-state index contributed by atoms with van der Waals surface area (Å²) in [7, 11) is 0. The van der Waals surface area contributed by atoms with Gasteiger partial charge in [-0.15, -0.1) is 12.4 Å². The molecule has 0 aliphatic heterocycles. The summed E-state index contributed by atoms with van der Waals surface area (Å²) in [5.74, 6) is 0.254. The Hall–Kier alpha value is -0.580. The van der Waals surface area contributed by atoms with Crippen LogP contribution in [0.5, 0.6) is 0 Å². The van der Waals surface area contributed by atoms with E-state index in [4.69, 9.17) is 5.73 Å². The fourth-order valence-electron chi connectivity index (χ4n) is 2.92. The van der Waals surface area contributed by atoms with E-state index in [1.165, 1.54) is 5.56 Å². The third-order valence-corrected chi connectivity index (χ3v) is 4.94. The Morgan fingerprint density at radius 1 is 1.32 bits per heavy atom. The van der Waals surface area contributed by atoms with Crippen molar-refractivity contribution < 1.29 is 4.79 Å². The number of nitrogens with two attached hydrogens (primary N) is 1. The van der Waals surface area contributed by atoms with Gasteiger partial charge in [-0.05, 0) is 37.0 Å². The third kappa shape index (κ3) is 5.25. The molecule has 2 unspecified atom stereocenters. The molecule has 0 radical (unpaired) electrons. The van der Waals surface area contributed by atoms with Crippen LogP contribution in [0.15, 0.2) is 28.7 Å². The van der Waals surface area contributed by atoms with Gasteiger partial charge < -0.3 is 11.1 Å². The van der Waals surface area contributed by atoms with Crippen LogP contribution in [0, 0.1) is 5.92 Å². The molecule has 3 nitrogen and oxygen atoms in total. The second-order valence-corrected chi connectivity index (χ2v) is 7.65. The number of carbonyl (C=O) groups is 1. The Morgan fingerprint density at radius 2 is 1.95 bits per heavy atom. The standard InChI is InChI=1S/C17H25BrN2O.ClH/c1-17(2,13-6-8-14(18)9-7-13)11-20-16(21)12-4-3-5-15(19)10-12;/h6-9,12,15H,3-5,10-11,19H2,1-2H3,(H,20,21);1H. The molecule has 1 aliphatic rings. The molecule has 0 heterocycles. The van der Waals surface area contributed by atoms with Gasteiger partial charge in [0.2, 0.25) is 5.91 Å².